The molecule has 25 heavy (non-hydrogen) atoms. The van der Waals surface area contributed by atoms with E-state index < -0.39 is 31.2 Å². The molecule has 0 bridgehead atoms. The molecule has 2 aromatic heterocycles. The van der Waals surface area contributed by atoms with E-state index in [1.165, 1.54) is 24.5 Å². The summed E-state index contributed by atoms with van der Waals surface area (Å²) >= 11 is 0. The van der Waals surface area contributed by atoms with Crippen LogP contribution in [0, 0.1) is 0 Å². The van der Waals surface area contributed by atoms with Gasteiger partial charge in [-0.1, -0.05) is 6.07 Å². The molecular weight excluding hydrogens is 339 g/mol. The fourth-order valence-corrected chi connectivity index (χ4v) is 1.86. The Hall–Kier alpha value is -2.91. The van der Waals surface area contributed by atoms with Gasteiger partial charge in [0.15, 0.2) is 0 Å². The van der Waals surface area contributed by atoms with Crippen molar-refractivity contribution in [2.24, 2.45) is 0 Å². The molecule has 10 heteroatoms. The molecule has 0 aromatic carbocycles. The van der Waals surface area contributed by atoms with Crippen molar-refractivity contribution < 1.29 is 22.7 Å². The third-order valence-electron chi connectivity index (χ3n) is 3.15. The van der Waals surface area contributed by atoms with Gasteiger partial charge in [-0.3, -0.25) is 4.79 Å². The lowest BCUT2D eigenvalue weighted by molar-refractivity contribution is -0.139. The van der Waals surface area contributed by atoms with Crippen molar-refractivity contribution in [3.8, 4) is 5.88 Å². The number of nitrogens with two attached hydrogens (primary N) is 1. The van der Waals surface area contributed by atoms with Gasteiger partial charge in [0.05, 0.1) is 19.1 Å². The van der Waals surface area contributed by atoms with Gasteiger partial charge in [-0.05, 0) is 18.6 Å². The number of nitrogens with one attached hydrogen (secondary N) is 1. The molecule has 0 saturated carbocycles. The van der Waals surface area contributed by atoms with Crippen LogP contribution in [0.2, 0.25) is 0 Å². The van der Waals surface area contributed by atoms with Gasteiger partial charge < -0.3 is 15.8 Å². The lowest BCUT2D eigenvalue weighted by atomic mass is 10.1. The van der Waals surface area contributed by atoms with Gasteiger partial charge in [-0.2, -0.15) is 13.2 Å². The average Bonchev–Trinajstić information content (AvgIpc) is 2.54. The highest BCUT2D eigenvalue weighted by atomic mass is 19.4. The van der Waals surface area contributed by atoms with E-state index in [0.29, 0.717) is 5.56 Å². The van der Waals surface area contributed by atoms with Crippen LogP contribution in [-0.2, 0) is 0 Å². The Morgan fingerprint density at radius 2 is 2.08 bits per heavy atom. The largest absolute Gasteiger partial charge is 0.477 e. The minimum Gasteiger partial charge on any atom is -0.477 e. The second-order valence-corrected chi connectivity index (χ2v) is 5.14. The maximum Gasteiger partial charge on any atom is 0.392 e. The smallest absolute Gasteiger partial charge is 0.392 e. The average molecular weight is 355 g/mol. The number of nitrogen functional groups attached to an aromatic ring is 1. The van der Waals surface area contributed by atoms with Crippen molar-refractivity contribution in [2.75, 3.05) is 12.3 Å². The van der Waals surface area contributed by atoms with Crippen molar-refractivity contribution in [3.05, 3.63) is 41.9 Å². The molecule has 7 nitrogen and oxygen atoms in total. The van der Waals surface area contributed by atoms with E-state index >= 15 is 0 Å². The number of ether oxygens (including phenoxy) is 1. The summed E-state index contributed by atoms with van der Waals surface area (Å²) in [6, 6.07) is 4.07. The molecule has 3 N–H and O–H groups in total. The van der Waals surface area contributed by atoms with Crippen LogP contribution in [0.15, 0.2) is 30.6 Å². The molecule has 2 aromatic rings. The highest BCUT2D eigenvalue weighted by Gasteiger charge is 2.26. The summed E-state index contributed by atoms with van der Waals surface area (Å²) in [5, 5.41) is 2.71. The number of carbonyl (C=O) groups excluding carboxylic acids is 1. The van der Waals surface area contributed by atoms with Crippen LogP contribution in [0.5, 0.6) is 5.88 Å². The van der Waals surface area contributed by atoms with E-state index in [0.717, 1.165) is 0 Å². The van der Waals surface area contributed by atoms with E-state index in [2.05, 4.69) is 20.3 Å². The first-order valence-electron chi connectivity index (χ1n) is 7.29. The van der Waals surface area contributed by atoms with Crippen molar-refractivity contribution in [1.82, 2.24) is 20.3 Å². The van der Waals surface area contributed by atoms with Gasteiger partial charge in [0.25, 0.3) is 5.91 Å². The molecule has 2 heterocycles. The van der Waals surface area contributed by atoms with Gasteiger partial charge >= 0.3 is 6.18 Å². The Labute approximate surface area is 141 Å². The normalized spacial score (nSPS) is 12.5. The zero-order chi connectivity index (χ0) is 18.4. The number of hydrogen-bond acceptors (Lipinski definition) is 6. The van der Waals surface area contributed by atoms with E-state index in [1.807, 2.05) is 0 Å². The number of amides is 1. The van der Waals surface area contributed by atoms with Crippen LogP contribution in [0.3, 0.4) is 0 Å². The number of halogens is 3. The summed E-state index contributed by atoms with van der Waals surface area (Å²) in [6.45, 7) is 1.22. The van der Waals surface area contributed by atoms with E-state index in [1.54, 1.807) is 13.0 Å². The molecule has 0 aliphatic carbocycles. The predicted molar refractivity (Wildman–Crippen MR) is 82.7 cm³/mol. The first-order valence-corrected chi connectivity index (χ1v) is 7.29. The third kappa shape index (κ3) is 5.90. The predicted octanol–water partition coefficient (Wildman–Crippen LogP) is 2.28. The molecule has 134 valence electrons. The Bertz CT molecular complexity index is 722. The molecule has 0 aliphatic heterocycles. The molecule has 0 radical (unpaired) electrons. The van der Waals surface area contributed by atoms with E-state index in [4.69, 9.17) is 10.5 Å². The summed E-state index contributed by atoms with van der Waals surface area (Å²) in [6.07, 6.45) is -2.53. The Morgan fingerprint density at radius 1 is 1.32 bits per heavy atom. The number of anilines is 1. The molecule has 1 atom stereocenters. The number of nitrogens with zero attached hydrogens (tertiary/aromatic N) is 3. The summed E-state index contributed by atoms with van der Waals surface area (Å²) in [5.41, 5.74) is 6.20. The lowest BCUT2D eigenvalue weighted by Gasteiger charge is -2.14. The minimum atomic E-state index is -4.27. The van der Waals surface area contributed by atoms with E-state index in [9.17, 15) is 18.0 Å². The minimum absolute atomic E-state index is 0.0117. The quantitative estimate of drug-likeness (QED) is 0.824. The van der Waals surface area contributed by atoms with Gasteiger partial charge in [0.1, 0.15) is 5.69 Å². The molecule has 0 spiro atoms. The molecule has 0 fully saturated rings. The third-order valence-corrected chi connectivity index (χ3v) is 3.15. The lowest BCUT2D eigenvalue weighted by Crippen LogP contribution is -2.27. The van der Waals surface area contributed by atoms with Crippen LogP contribution in [0.25, 0.3) is 0 Å². The van der Waals surface area contributed by atoms with Crippen molar-refractivity contribution in [1.29, 1.82) is 0 Å². The number of alkyl halides is 3. The number of carbonyl (C=O) groups is 1. The summed E-state index contributed by atoms with van der Waals surface area (Å²) < 4.78 is 41.1. The van der Waals surface area contributed by atoms with Crippen molar-refractivity contribution >= 4 is 11.9 Å². The van der Waals surface area contributed by atoms with Crippen LogP contribution in [0.1, 0.15) is 35.4 Å². The van der Waals surface area contributed by atoms with Crippen molar-refractivity contribution in [3.63, 3.8) is 0 Å². The van der Waals surface area contributed by atoms with Gasteiger partial charge in [-0.25, -0.2) is 15.0 Å². The Morgan fingerprint density at radius 3 is 2.68 bits per heavy atom. The number of hydrogen-bond donors (Lipinski definition) is 2. The number of rotatable bonds is 6. The molecule has 0 saturated heterocycles. The fraction of sp³-hybridized carbons (Fsp3) is 0.333. The Balaban J connectivity index is 1.91. The van der Waals surface area contributed by atoms with Crippen molar-refractivity contribution in [2.45, 2.75) is 25.6 Å². The summed E-state index contributed by atoms with van der Waals surface area (Å²) in [7, 11) is 0. The highest BCUT2D eigenvalue weighted by molar-refractivity contribution is 5.92. The molecule has 0 aliphatic rings. The molecule has 1 amide bonds. The summed E-state index contributed by atoms with van der Waals surface area (Å²) in [4.78, 5) is 23.5. The molecule has 1 unspecified atom stereocenters. The SMILES string of the molecule is CC(NC(=O)c1ccnc(N)n1)c1ccc(OCCC(F)(F)F)nc1. The standard InChI is InChI=1S/C15H16F3N5O2/c1-9(22-13(24)11-4-6-20-14(19)23-11)10-2-3-12(21-8-10)25-7-5-15(16,17)18/h2-4,6,8-9H,5,7H2,1H3,(H,22,24)(H2,19,20,23). The fourth-order valence-electron chi connectivity index (χ4n) is 1.86. The van der Waals surface area contributed by atoms with Gasteiger partial charge in [0.2, 0.25) is 11.8 Å². The van der Waals surface area contributed by atoms with Crippen LogP contribution < -0.4 is 15.8 Å². The zero-order valence-corrected chi connectivity index (χ0v) is 13.2. The molecular formula is C15H16F3N5O2. The number of pyridine rings is 1. The monoisotopic (exact) mass is 355 g/mol. The highest BCUT2D eigenvalue weighted by Crippen LogP contribution is 2.20. The zero-order valence-electron chi connectivity index (χ0n) is 13.2. The molecule has 2 rings (SSSR count). The maximum atomic E-state index is 12.1. The Kier molecular flexibility index (Phi) is 5.73. The van der Waals surface area contributed by atoms with Crippen LogP contribution in [-0.4, -0.2) is 33.6 Å². The van der Waals surface area contributed by atoms with Gasteiger partial charge in [0, 0.05) is 18.5 Å². The maximum absolute atomic E-state index is 12.1. The van der Waals surface area contributed by atoms with E-state index in [-0.39, 0.29) is 17.5 Å². The van der Waals surface area contributed by atoms with Crippen LogP contribution in [0.4, 0.5) is 19.1 Å². The first kappa shape index (κ1) is 18.4. The topological polar surface area (TPSA) is 103 Å². The first-order chi connectivity index (χ1) is 11.7. The summed E-state index contributed by atoms with van der Waals surface area (Å²) in [5.74, 6) is -0.371. The second-order valence-electron chi connectivity index (χ2n) is 5.14. The van der Waals surface area contributed by atoms with Crippen LogP contribution >= 0.6 is 0 Å². The second kappa shape index (κ2) is 7.77. The van der Waals surface area contributed by atoms with Gasteiger partial charge in [-0.15, -0.1) is 0 Å². The number of aromatic nitrogens is 3.